The van der Waals surface area contributed by atoms with Crippen molar-refractivity contribution in [2.75, 3.05) is 18.1 Å². The summed E-state index contributed by atoms with van der Waals surface area (Å²) in [5, 5.41) is 18.0. The van der Waals surface area contributed by atoms with E-state index in [1.165, 1.54) is 0 Å². The largest absolute Gasteiger partial charge is 0.482 e. The Labute approximate surface area is 147 Å². The lowest BCUT2D eigenvalue weighted by atomic mass is 10.1. The summed E-state index contributed by atoms with van der Waals surface area (Å²) in [6.07, 6.45) is 0.230. The van der Waals surface area contributed by atoms with Crippen molar-refractivity contribution in [3.63, 3.8) is 0 Å². The lowest BCUT2D eigenvalue weighted by Crippen LogP contribution is -2.36. The maximum absolute atomic E-state index is 12.7. The SMILES string of the molecule is Cc1cc(C)cc(N(CCC#N)C(=O)COc2ccccc2C#N)c1. The molecule has 0 spiro atoms. The van der Waals surface area contributed by atoms with Gasteiger partial charge in [-0.3, -0.25) is 4.79 Å². The van der Waals surface area contributed by atoms with Crippen molar-refractivity contribution < 1.29 is 9.53 Å². The molecular weight excluding hydrogens is 314 g/mol. The second-order valence-electron chi connectivity index (χ2n) is 5.70. The van der Waals surface area contributed by atoms with Crippen LogP contribution in [-0.2, 0) is 4.79 Å². The van der Waals surface area contributed by atoms with Gasteiger partial charge in [-0.1, -0.05) is 18.2 Å². The number of carbonyl (C=O) groups is 1. The molecular formula is C20H19N3O2. The maximum atomic E-state index is 12.7. The Hall–Kier alpha value is -3.31. The third kappa shape index (κ3) is 4.83. The number of hydrogen-bond acceptors (Lipinski definition) is 4. The number of ether oxygens (including phenoxy) is 1. The average molecular weight is 333 g/mol. The van der Waals surface area contributed by atoms with Gasteiger partial charge in [-0.25, -0.2) is 0 Å². The van der Waals surface area contributed by atoms with E-state index in [4.69, 9.17) is 15.3 Å². The molecule has 5 nitrogen and oxygen atoms in total. The molecule has 0 aliphatic carbocycles. The smallest absolute Gasteiger partial charge is 0.264 e. The minimum atomic E-state index is -0.256. The molecule has 0 fully saturated rings. The zero-order valence-corrected chi connectivity index (χ0v) is 14.3. The number of amides is 1. The fourth-order valence-corrected chi connectivity index (χ4v) is 2.57. The van der Waals surface area contributed by atoms with Crippen LogP contribution in [0.2, 0.25) is 0 Å². The van der Waals surface area contributed by atoms with Crippen LogP contribution >= 0.6 is 0 Å². The highest BCUT2D eigenvalue weighted by Gasteiger charge is 2.17. The fourth-order valence-electron chi connectivity index (χ4n) is 2.57. The number of benzene rings is 2. The van der Waals surface area contributed by atoms with E-state index in [1.807, 2.05) is 38.1 Å². The summed E-state index contributed by atoms with van der Waals surface area (Å²) in [5.74, 6) is 0.118. The quantitative estimate of drug-likeness (QED) is 0.810. The molecule has 5 heteroatoms. The lowest BCUT2D eigenvalue weighted by molar-refractivity contribution is -0.120. The van der Waals surface area contributed by atoms with E-state index in [1.54, 1.807) is 29.2 Å². The van der Waals surface area contributed by atoms with Crippen LogP contribution in [0.4, 0.5) is 5.69 Å². The van der Waals surface area contributed by atoms with Crippen molar-refractivity contribution >= 4 is 11.6 Å². The molecule has 0 radical (unpaired) electrons. The normalized spacial score (nSPS) is 9.76. The molecule has 0 N–H and O–H groups in total. The van der Waals surface area contributed by atoms with Crippen molar-refractivity contribution in [3.05, 3.63) is 59.2 Å². The molecule has 2 aromatic rings. The molecule has 0 aliphatic heterocycles. The van der Waals surface area contributed by atoms with Gasteiger partial charge in [-0.05, 0) is 49.2 Å². The minimum absolute atomic E-state index is 0.197. The summed E-state index contributed by atoms with van der Waals surface area (Å²) in [7, 11) is 0. The average Bonchev–Trinajstić information content (AvgIpc) is 2.59. The molecule has 2 rings (SSSR count). The predicted molar refractivity (Wildman–Crippen MR) is 95.2 cm³/mol. The van der Waals surface area contributed by atoms with Crippen molar-refractivity contribution in [2.45, 2.75) is 20.3 Å². The first-order valence-electron chi connectivity index (χ1n) is 7.92. The van der Waals surface area contributed by atoms with E-state index >= 15 is 0 Å². The summed E-state index contributed by atoms with van der Waals surface area (Å²) in [4.78, 5) is 14.2. The highest BCUT2D eigenvalue weighted by molar-refractivity contribution is 5.94. The van der Waals surface area contributed by atoms with Gasteiger partial charge in [0.1, 0.15) is 11.8 Å². The van der Waals surface area contributed by atoms with Gasteiger partial charge in [0, 0.05) is 12.2 Å². The van der Waals surface area contributed by atoms with Crippen LogP contribution in [-0.4, -0.2) is 19.1 Å². The Kier molecular flexibility index (Phi) is 6.14. The molecule has 0 bridgehead atoms. The molecule has 0 atom stereocenters. The third-order valence-electron chi connectivity index (χ3n) is 3.63. The van der Waals surface area contributed by atoms with Crippen molar-refractivity contribution in [1.82, 2.24) is 0 Å². The number of aryl methyl sites for hydroxylation is 2. The van der Waals surface area contributed by atoms with E-state index in [-0.39, 0.29) is 18.9 Å². The van der Waals surface area contributed by atoms with E-state index in [0.717, 1.165) is 16.8 Å². The lowest BCUT2D eigenvalue weighted by Gasteiger charge is -2.23. The Morgan fingerprint density at radius 2 is 1.80 bits per heavy atom. The number of rotatable bonds is 6. The molecule has 25 heavy (non-hydrogen) atoms. The monoisotopic (exact) mass is 333 g/mol. The molecule has 0 aromatic heterocycles. The van der Waals surface area contributed by atoms with Crippen LogP contribution in [0.1, 0.15) is 23.1 Å². The van der Waals surface area contributed by atoms with Gasteiger partial charge in [-0.15, -0.1) is 0 Å². The third-order valence-corrected chi connectivity index (χ3v) is 3.63. The van der Waals surface area contributed by atoms with Gasteiger partial charge in [0.2, 0.25) is 0 Å². The van der Waals surface area contributed by atoms with E-state index < -0.39 is 0 Å². The highest BCUT2D eigenvalue weighted by Crippen LogP contribution is 2.21. The number of para-hydroxylation sites is 1. The molecule has 0 saturated carbocycles. The van der Waals surface area contributed by atoms with E-state index in [2.05, 4.69) is 6.07 Å². The van der Waals surface area contributed by atoms with Crippen LogP contribution in [0.3, 0.4) is 0 Å². The fraction of sp³-hybridized carbons (Fsp3) is 0.250. The van der Waals surface area contributed by atoms with Gasteiger partial charge >= 0.3 is 0 Å². The molecule has 0 unspecified atom stereocenters. The van der Waals surface area contributed by atoms with E-state index in [9.17, 15) is 4.79 Å². The second kappa shape index (κ2) is 8.52. The number of nitriles is 2. The molecule has 0 saturated heterocycles. The first-order chi connectivity index (χ1) is 12.0. The summed E-state index contributed by atoms with van der Waals surface area (Å²) < 4.78 is 5.54. The molecule has 1 amide bonds. The van der Waals surface area contributed by atoms with Crippen LogP contribution in [0.25, 0.3) is 0 Å². The topological polar surface area (TPSA) is 77.1 Å². The predicted octanol–water partition coefficient (Wildman–Crippen LogP) is 3.50. The zero-order chi connectivity index (χ0) is 18.2. The van der Waals surface area contributed by atoms with Crippen LogP contribution < -0.4 is 9.64 Å². The van der Waals surface area contributed by atoms with Gasteiger partial charge in [0.15, 0.2) is 6.61 Å². The van der Waals surface area contributed by atoms with Gasteiger partial charge < -0.3 is 9.64 Å². The van der Waals surface area contributed by atoms with Crippen molar-refractivity contribution in [1.29, 1.82) is 10.5 Å². The Balaban J connectivity index is 2.18. The Morgan fingerprint density at radius 3 is 2.44 bits per heavy atom. The summed E-state index contributed by atoms with van der Waals surface area (Å²) in [6.45, 7) is 4.02. The first-order valence-corrected chi connectivity index (χ1v) is 7.92. The van der Waals surface area contributed by atoms with Crippen molar-refractivity contribution in [3.8, 4) is 17.9 Å². The van der Waals surface area contributed by atoms with Gasteiger partial charge in [0.05, 0.1) is 18.1 Å². The van der Waals surface area contributed by atoms with Crippen LogP contribution in [0, 0.1) is 36.5 Å². The molecule has 0 aliphatic rings. The summed E-state index contributed by atoms with van der Waals surface area (Å²) in [6, 6.07) is 16.7. The second-order valence-corrected chi connectivity index (χ2v) is 5.70. The van der Waals surface area contributed by atoms with Gasteiger partial charge in [0.25, 0.3) is 5.91 Å². The number of nitrogens with zero attached hydrogens (tertiary/aromatic N) is 3. The van der Waals surface area contributed by atoms with Crippen LogP contribution in [0.15, 0.2) is 42.5 Å². The molecule has 126 valence electrons. The molecule has 0 heterocycles. The highest BCUT2D eigenvalue weighted by atomic mass is 16.5. The number of anilines is 1. The minimum Gasteiger partial charge on any atom is -0.482 e. The maximum Gasteiger partial charge on any atom is 0.264 e. The number of hydrogen-bond donors (Lipinski definition) is 0. The number of carbonyl (C=O) groups excluding carboxylic acids is 1. The van der Waals surface area contributed by atoms with Crippen LogP contribution in [0.5, 0.6) is 5.75 Å². The summed E-state index contributed by atoms with van der Waals surface area (Å²) in [5.41, 5.74) is 3.21. The summed E-state index contributed by atoms with van der Waals surface area (Å²) >= 11 is 0. The Bertz CT molecular complexity index is 827. The standard InChI is InChI=1S/C20H19N3O2/c1-15-10-16(2)12-18(11-15)23(9-5-8-21)20(24)14-25-19-7-4-3-6-17(19)13-22/h3-4,6-7,10-12H,5,9,14H2,1-2H3. The first kappa shape index (κ1) is 18.0. The zero-order valence-electron chi connectivity index (χ0n) is 14.3. The molecule has 2 aromatic carbocycles. The Morgan fingerprint density at radius 1 is 1.12 bits per heavy atom. The van der Waals surface area contributed by atoms with Crippen molar-refractivity contribution in [2.24, 2.45) is 0 Å². The van der Waals surface area contributed by atoms with Gasteiger partial charge in [-0.2, -0.15) is 10.5 Å². The van der Waals surface area contributed by atoms with E-state index in [0.29, 0.717) is 17.9 Å².